The molecule has 14 heteroatoms. The molecule has 0 bridgehead atoms. The number of aromatic nitrogens is 3. The molecule has 216 valence electrons. The van der Waals surface area contributed by atoms with E-state index in [0.29, 0.717) is 30.5 Å². The largest absolute Gasteiger partial charge is 0.435 e. The quantitative estimate of drug-likeness (QED) is 0.382. The van der Waals surface area contributed by atoms with Crippen molar-refractivity contribution in [3.05, 3.63) is 69.1 Å². The first-order valence-corrected chi connectivity index (χ1v) is 15.5. The Morgan fingerprint density at radius 1 is 1.12 bits per heavy atom. The predicted molar refractivity (Wildman–Crippen MR) is 146 cm³/mol. The van der Waals surface area contributed by atoms with Crippen molar-refractivity contribution < 1.29 is 25.8 Å². The molecule has 0 aliphatic carbocycles. The van der Waals surface area contributed by atoms with E-state index < -0.39 is 22.0 Å². The minimum Gasteiger partial charge on any atom is -0.382 e. The minimum absolute atomic E-state index is 0.0923. The highest BCUT2D eigenvalue weighted by atomic mass is 32.2. The standard InChI is InChI=1S/C26H31F3N6O3S2/c1-3-40(36,37)38-21-5-4-19-14-30-24(31-15-20(19)13-21)22-16-39-25(32-22)18-6-8-34(9-7-18)10-11-35-17(2)12-23(33-35)26(27,28)29/h4-5,10-13,16,18,24,30-31H,3,6-9,14-15H2,1-2H3. The molecule has 2 aliphatic heterocycles. The first-order chi connectivity index (χ1) is 19.0. The van der Waals surface area contributed by atoms with Gasteiger partial charge in [-0.1, -0.05) is 6.07 Å². The highest BCUT2D eigenvalue weighted by molar-refractivity contribution is 7.87. The summed E-state index contributed by atoms with van der Waals surface area (Å²) in [5, 5.41) is 13.7. The van der Waals surface area contributed by atoms with Crippen LogP contribution in [0.2, 0.25) is 0 Å². The van der Waals surface area contributed by atoms with Crippen molar-refractivity contribution in [2.45, 2.75) is 58.0 Å². The van der Waals surface area contributed by atoms with E-state index in [1.165, 1.54) is 4.68 Å². The van der Waals surface area contributed by atoms with Crippen LogP contribution in [0, 0.1) is 6.92 Å². The average molecular weight is 597 g/mol. The van der Waals surface area contributed by atoms with Crippen LogP contribution in [0.4, 0.5) is 13.2 Å². The minimum atomic E-state index is -4.46. The number of piperidine rings is 1. The fourth-order valence-electron chi connectivity index (χ4n) is 4.75. The Balaban J connectivity index is 1.16. The molecular weight excluding hydrogens is 565 g/mol. The van der Waals surface area contributed by atoms with Gasteiger partial charge in [0.1, 0.15) is 11.9 Å². The lowest BCUT2D eigenvalue weighted by molar-refractivity contribution is -0.141. The maximum absolute atomic E-state index is 12.9. The Kier molecular flexibility index (Phi) is 8.22. The third-order valence-electron chi connectivity index (χ3n) is 7.09. The summed E-state index contributed by atoms with van der Waals surface area (Å²) >= 11 is 1.64. The van der Waals surface area contributed by atoms with Gasteiger partial charge in [0.05, 0.1) is 16.5 Å². The Labute approximate surface area is 235 Å². The molecule has 2 N–H and O–H groups in total. The highest BCUT2D eigenvalue weighted by Crippen LogP contribution is 2.33. The fourth-order valence-corrected chi connectivity index (χ4v) is 6.28. The first kappa shape index (κ1) is 28.6. The van der Waals surface area contributed by atoms with Gasteiger partial charge in [-0.05, 0) is 56.0 Å². The molecule has 0 amide bonds. The summed E-state index contributed by atoms with van der Waals surface area (Å²) in [6.45, 7) is 5.83. The molecule has 9 nitrogen and oxygen atoms in total. The van der Waals surface area contributed by atoms with Crippen molar-refractivity contribution in [2.24, 2.45) is 0 Å². The number of nitrogens with one attached hydrogen (secondary N) is 2. The van der Waals surface area contributed by atoms with Gasteiger partial charge >= 0.3 is 16.3 Å². The smallest absolute Gasteiger partial charge is 0.382 e. The van der Waals surface area contributed by atoms with Gasteiger partial charge in [0.2, 0.25) is 0 Å². The summed E-state index contributed by atoms with van der Waals surface area (Å²) in [6.07, 6.45) is 0.551. The Morgan fingerprint density at radius 3 is 2.52 bits per heavy atom. The molecule has 4 heterocycles. The number of rotatable bonds is 7. The van der Waals surface area contributed by atoms with Gasteiger partial charge in [-0.3, -0.25) is 10.6 Å². The van der Waals surface area contributed by atoms with Crippen LogP contribution in [0.5, 0.6) is 5.75 Å². The third kappa shape index (κ3) is 6.67. The summed E-state index contributed by atoms with van der Waals surface area (Å²) in [5.41, 5.74) is 2.47. The van der Waals surface area contributed by atoms with E-state index in [2.05, 4.69) is 26.0 Å². The number of halogens is 3. The lowest BCUT2D eigenvalue weighted by atomic mass is 9.98. The number of nitrogens with zero attached hydrogens (tertiary/aromatic N) is 4. The van der Waals surface area contributed by atoms with Crippen LogP contribution in [0.25, 0.3) is 6.20 Å². The number of aryl methyl sites for hydroxylation is 1. The van der Waals surface area contributed by atoms with E-state index in [9.17, 15) is 21.6 Å². The number of likely N-dealkylation sites (tertiary alicyclic amines) is 1. The molecular formula is C26H31F3N6O3S2. The summed E-state index contributed by atoms with van der Waals surface area (Å²) < 4.78 is 68.8. The molecule has 0 radical (unpaired) electrons. The maximum Gasteiger partial charge on any atom is 0.435 e. The van der Waals surface area contributed by atoms with Crippen LogP contribution < -0.4 is 14.8 Å². The maximum atomic E-state index is 12.9. The van der Waals surface area contributed by atoms with E-state index in [4.69, 9.17) is 9.17 Å². The third-order valence-corrected chi connectivity index (χ3v) is 9.27. The van der Waals surface area contributed by atoms with Crippen LogP contribution in [-0.2, 0) is 29.4 Å². The van der Waals surface area contributed by atoms with Gasteiger partial charge in [-0.25, -0.2) is 9.67 Å². The summed E-state index contributed by atoms with van der Waals surface area (Å²) in [6, 6.07) is 6.35. The summed E-state index contributed by atoms with van der Waals surface area (Å²) in [5.74, 6) is 0.531. The molecule has 40 heavy (non-hydrogen) atoms. The molecule has 0 saturated carbocycles. The number of hydrogen-bond acceptors (Lipinski definition) is 9. The number of benzene rings is 1. The summed E-state index contributed by atoms with van der Waals surface area (Å²) in [4.78, 5) is 7.02. The van der Waals surface area contributed by atoms with Crippen molar-refractivity contribution in [3.63, 3.8) is 0 Å². The zero-order valence-corrected chi connectivity index (χ0v) is 23.7. The summed E-state index contributed by atoms with van der Waals surface area (Å²) in [7, 11) is -3.59. The van der Waals surface area contributed by atoms with Crippen molar-refractivity contribution >= 4 is 27.7 Å². The van der Waals surface area contributed by atoms with E-state index in [-0.39, 0.29) is 11.9 Å². The van der Waals surface area contributed by atoms with Gasteiger partial charge < -0.3 is 9.08 Å². The number of thiazole rings is 1. The molecule has 2 aliphatic rings. The van der Waals surface area contributed by atoms with Crippen molar-refractivity contribution in [1.82, 2.24) is 30.3 Å². The number of fused-ring (bicyclic) bond motifs is 1. The molecule has 1 saturated heterocycles. The topological polar surface area (TPSA) is 101 Å². The second-order valence-electron chi connectivity index (χ2n) is 9.89. The van der Waals surface area contributed by atoms with Gasteiger partial charge in [-0.15, -0.1) is 11.3 Å². The van der Waals surface area contributed by atoms with Crippen LogP contribution in [0.3, 0.4) is 0 Å². The van der Waals surface area contributed by atoms with E-state index in [1.54, 1.807) is 49.7 Å². The van der Waals surface area contributed by atoms with E-state index in [0.717, 1.165) is 53.8 Å². The van der Waals surface area contributed by atoms with Gasteiger partial charge in [0.25, 0.3) is 0 Å². The predicted octanol–water partition coefficient (Wildman–Crippen LogP) is 4.59. The molecule has 3 aromatic rings. The second kappa shape index (κ2) is 11.5. The monoisotopic (exact) mass is 596 g/mol. The Hall–Kier alpha value is -2.94. The normalized spacial score (nSPS) is 19.1. The average Bonchev–Trinajstić information content (AvgIpc) is 3.50. The zero-order valence-electron chi connectivity index (χ0n) is 22.1. The van der Waals surface area contributed by atoms with Gasteiger partial charge in [0.15, 0.2) is 5.69 Å². The zero-order chi connectivity index (χ0) is 28.5. The second-order valence-corrected chi connectivity index (χ2v) is 12.6. The number of alkyl halides is 3. The lowest BCUT2D eigenvalue weighted by Gasteiger charge is -2.30. The van der Waals surface area contributed by atoms with Crippen molar-refractivity contribution in [2.75, 3.05) is 18.8 Å². The van der Waals surface area contributed by atoms with Crippen LogP contribution in [0.15, 0.2) is 35.8 Å². The van der Waals surface area contributed by atoms with E-state index in [1.807, 2.05) is 6.07 Å². The van der Waals surface area contributed by atoms with E-state index >= 15 is 0 Å². The molecule has 0 spiro atoms. The Bertz CT molecular complexity index is 1480. The van der Waals surface area contributed by atoms with Crippen LogP contribution >= 0.6 is 11.3 Å². The first-order valence-electron chi connectivity index (χ1n) is 13.0. The molecule has 2 aromatic heterocycles. The molecule has 5 rings (SSSR count). The number of hydrogen-bond donors (Lipinski definition) is 2. The molecule has 1 unspecified atom stereocenters. The highest BCUT2D eigenvalue weighted by Gasteiger charge is 2.34. The van der Waals surface area contributed by atoms with Crippen molar-refractivity contribution in [1.29, 1.82) is 0 Å². The van der Waals surface area contributed by atoms with Crippen molar-refractivity contribution in [3.8, 4) is 5.75 Å². The fraction of sp³-hybridized carbons (Fsp3) is 0.462. The van der Waals surface area contributed by atoms with Gasteiger partial charge in [0, 0.05) is 55.6 Å². The molecule has 1 atom stereocenters. The molecule has 1 aromatic carbocycles. The van der Waals surface area contributed by atoms with Gasteiger partial charge in [-0.2, -0.15) is 26.7 Å². The lowest BCUT2D eigenvalue weighted by Crippen LogP contribution is -2.31. The van der Waals surface area contributed by atoms with Crippen LogP contribution in [0.1, 0.15) is 65.1 Å². The van der Waals surface area contributed by atoms with Crippen LogP contribution in [-0.4, -0.2) is 46.9 Å². The Morgan fingerprint density at radius 2 is 1.85 bits per heavy atom. The SMILES string of the molecule is CCS(=O)(=O)Oc1ccc2c(c1)CNC(c1csc(C3CCN(C=Cn4nc(C(F)(F)F)cc4C)CC3)n1)NC2. The molecule has 1 fully saturated rings.